The smallest absolute Gasteiger partial charge is 0.251 e. The van der Waals surface area contributed by atoms with E-state index in [1.807, 2.05) is 70.2 Å². The van der Waals surface area contributed by atoms with Crippen molar-refractivity contribution in [3.8, 4) is 11.1 Å². The first kappa shape index (κ1) is 31.5. The fourth-order valence-electron chi connectivity index (χ4n) is 4.97. The molecule has 3 rings (SSSR count). The molecule has 0 bridgehead atoms. The van der Waals surface area contributed by atoms with Crippen LogP contribution in [0.5, 0.6) is 0 Å². The molecule has 41 heavy (non-hydrogen) atoms. The Morgan fingerprint density at radius 1 is 0.902 bits per heavy atom. The van der Waals surface area contributed by atoms with Crippen LogP contribution in [0.2, 0.25) is 0 Å². The van der Waals surface area contributed by atoms with E-state index in [1.165, 1.54) is 0 Å². The highest BCUT2D eigenvalue weighted by Gasteiger charge is 2.32. The van der Waals surface area contributed by atoms with Crippen molar-refractivity contribution in [3.63, 3.8) is 0 Å². The lowest BCUT2D eigenvalue weighted by atomic mass is 9.91. The van der Waals surface area contributed by atoms with Crippen molar-refractivity contribution in [3.05, 3.63) is 60.2 Å². The summed E-state index contributed by atoms with van der Waals surface area (Å²) < 4.78 is 0. The van der Waals surface area contributed by atoms with Crippen LogP contribution in [0.4, 0.5) is 0 Å². The molecular weight excluding hydrogens is 520 g/mol. The summed E-state index contributed by atoms with van der Waals surface area (Å²) >= 11 is 0. The first-order valence-corrected chi connectivity index (χ1v) is 14.4. The Hall–Kier alpha value is -4.01. The Labute approximate surface area is 242 Å². The van der Waals surface area contributed by atoms with Crippen molar-refractivity contribution < 1.29 is 24.0 Å². The second-order valence-corrected chi connectivity index (χ2v) is 11.4. The lowest BCUT2D eigenvalue weighted by Gasteiger charge is -2.28. The first-order chi connectivity index (χ1) is 19.6. The van der Waals surface area contributed by atoms with Gasteiger partial charge in [0.15, 0.2) is 0 Å². The van der Waals surface area contributed by atoms with Gasteiger partial charge >= 0.3 is 0 Å². The lowest BCUT2D eigenvalue weighted by Crippen LogP contribution is -2.57. The SMILES string of the molecule is CC(C)C[C@H](NC(=O)[C@@H](NC(=O)c1ccc(-c2ccccc2)cc1)C(C)C)C(=O)N[C@H](C=O)C[C@@H]1CCCNC1=O. The molecule has 0 unspecified atom stereocenters. The van der Waals surface area contributed by atoms with Gasteiger partial charge in [0.1, 0.15) is 18.4 Å². The van der Waals surface area contributed by atoms with Gasteiger partial charge in [-0.15, -0.1) is 0 Å². The number of hydrogen-bond acceptors (Lipinski definition) is 5. The predicted molar refractivity (Wildman–Crippen MR) is 158 cm³/mol. The van der Waals surface area contributed by atoms with E-state index in [0.717, 1.165) is 17.5 Å². The number of amides is 4. The second kappa shape index (κ2) is 15.1. The van der Waals surface area contributed by atoms with Crippen molar-refractivity contribution in [2.75, 3.05) is 6.54 Å². The fourth-order valence-corrected chi connectivity index (χ4v) is 4.97. The topological polar surface area (TPSA) is 133 Å². The van der Waals surface area contributed by atoms with Gasteiger partial charge in [-0.25, -0.2) is 0 Å². The van der Waals surface area contributed by atoms with Crippen LogP contribution in [0.1, 0.15) is 63.7 Å². The molecule has 1 aliphatic rings. The monoisotopic (exact) mass is 562 g/mol. The summed E-state index contributed by atoms with van der Waals surface area (Å²) in [5, 5.41) is 11.1. The van der Waals surface area contributed by atoms with E-state index >= 15 is 0 Å². The maximum atomic E-state index is 13.4. The number of carbonyl (C=O) groups excluding carboxylic acids is 5. The van der Waals surface area contributed by atoms with Gasteiger partial charge in [0, 0.05) is 18.0 Å². The maximum Gasteiger partial charge on any atom is 0.251 e. The van der Waals surface area contributed by atoms with Crippen molar-refractivity contribution in [1.29, 1.82) is 0 Å². The zero-order valence-electron chi connectivity index (χ0n) is 24.3. The molecule has 1 aliphatic heterocycles. The quantitative estimate of drug-likeness (QED) is 0.278. The van der Waals surface area contributed by atoms with Crippen LogP contribution in [0.25, 0.3) is 11.1 Å². The normalized spacial score (nSPS) is 17.2. The highest BCUT2D eigenvalue weighted by Crippen LogP contribution is 2.20. The molecule has 1 saturated heterocycles. The van der Waals surface area contributed by atoms with Crippen molar-refractivity contribution in [2.45, 2.75) is 71.5 Å². The number of rotatable bonds is 13. The van der Waals surface area contributed by atoms with Crippen LogP contribution < -0.4 is 21.3 Å². The van der Waals surface area contributed by atoms with E-state index in [1.54, 1.807) is 12.1 Å². The summed E-state index contributed by atoms with van der Waals surface area (Å²) in [6.45, 7) is 8.10. The predicted octanol–water partition coefficient (Wildman–Crippen LogP) is 3.24. The number of aldehydes is 1. The van der Waals surface area contributed by atoms with Crippen LogP contribution in [0.15, 0.2) is 54.6 Å². The molecule has 2 aromatic carbocycles. The van der Waals surface area contributed by atoms with Crippen molar-refractivity contribution >= 4 is 29.9 Å². The van der Waals surface area contributed by atoms with Gasteiger partial charge in [-0.1, -0.05) is 70.2 Å². The summed E-state index contributed by atoms with van der Waals surface area (Å²) in [7, 11) is 0. The van der Waals surface area contributed by atoms with E-state index < -0.39 is 35.8 Å². The largest absolute Gasteiger partial charge is 0.356 e. The van der Waals surface area contributed by atoms with Crippen LogP contribution in [-0.4, -0.2) is 54.6 Å². The number of carbonyl (C=O) groups is 5. The van der Waals surface area contributed by atoms with E-state index in [2.05, 4.69) is 21.3 Å². The molecular formula is C32H42N4O5. The average molecular weight is 563 g/mol. The molecule has 0 spiro atoms. The van der Waals surface area contributed by atoms with E-state index in [-0.39, 0.29) is 30.1 Å². The highest BCUT2D eigenvalue weighted by molar-refractivity contribution is 5.99. The zero-order chi connectivity index (χ0) is 29.9. The van der Waals surface area contributed by atoms with Crippen LogP contribution in [0.3, 0.4) is 0 Å². The molecule has 0 saturated carbocycles. The molecule has 2 aromatic rings. The van der Waals surface area contributed by atoms with E-state index in [9.17, 15) is 24.0 Å². The van der Waals surface area contributed by atoms with Gasteiger partial charge in [0.05, 0.1) is 6.04 Å². The summed E-state index contributed by atoms with van der Waals surface area (Å²) in [6.07, 6.45) is 2.66. The van der Waals surface area contributed by atoms with Crippen molar-refractivity contribution in [1.82, 2.24) is 21.3 Å². The third-order valence-electron chi connectivity index (χ3n) is 7.26. The average Bonchev–Trinajstić information content (AvgIpc) is 2.96. The Balaban J connectivity index is 1.66. The Morgan fingerprint density at radius 3 is 2.15 bits per heavy atom. The zero-order valence-corrected chi connectivity index (χ0v) is 24.3. The van der Waals surface area contributed by atoms with Crippen molar-refractivity contribution in [2.24, 2.45) is 17.8 Å². The number of piperidine rings is 1. The Morgan fingerprint density at radius 2 is 1.56 bits per heavy atom. The minimum atomic E-state index is -0.909. The minimum absolute atomic E-state index is 0.0695. The van der Waals surface area contributed by atoms with Crippen LogP contribution in [-0.2, 0) is 19.2 Å². The van der Waals surface area contributed by atoms with Gasteiger partial charge in [0.25, 0.3) is 5.91 Å². The van der Waals surface area contributed by atoms with Gasteiger partial charge in [-0.2, -0.15) is 0 Å². The first-order valence-electron chi connectivity index (χ1n) is 14.4. The van der Waals surface area contributed by atoms with Gasteiger partial charge in [0.2, 0.25) is 17.7 Å². The number of hydrogen-bond donors (Lipinski definition) is 4. The van der Waals surface area contributed by atoms with E-state index in [0.29, 0.717) is 31.2 Å². The number of nitrogens with one attached hydrogen (secondary N) is 4. The molecule has 0 aliphatic carbocycles. The molecule has 4 N–H and O–H groups in total. The molecule has 0 radical (unpaired) electrons. The number of benzene rings is 2. The van der Waals surface area contributed by atoms with Crippen LogP contribution in [0, 0.1) is 17.8 Å². The molecule has 9 heteroatoms. The molecule has 4 atom stereocenters. The van der Waals surface area contributed by atoms with Crippen LogP contribution >= 0.6 is 0 Å². The van der Waals surface area contributed by atoms with Gasteiger partial charge < -0.3 is 26.1 Å². The van der Waals surface area contributed by atoms with Gasteiger partial charge in [-0.3, -0.25) is 19.2 Å². The second-order valence-electron chi connectivity index (χ2n) is 11.4. The highest BCUT2D eigenvalue weighted by atomic mass is 16.2. The third kappa shape index (κ3) is 9.27. The van der Waals surface area contributed by atoms with Gasteiger partial charge in [-0.05, 0) is 60.8 Å². The summed E-state index contributed by atoms with van der Waals surface area (Å²) in [5.41, 5.74) is 2.42. The lowest BCUT2D eigenvalue weighted by molar-refractivity contribution is -0.132. The molecule has 220 valence electrons. The molecule has 1 fully saturated rings. The Bertz CT molecular complexity index is 1200. The third-order valence-corrected chi connectivity index (χ3v) is 7.26. The minimum Gasteiger partial charge on any atom is -0.356 e. The maximum absolute atomic E-state index is 13.4. The summed E-state index contributed by atoms with van der Waals surface area (Å²) in [4.78, 5) is 63.6. The summed E-state index contributed by atoms with van der Waals surface area (Å²) in [6, 6.07) is 14.3. The molecule has 0 aromatic heterocycles. The fraction of sp³-hybridized carbons (Fsp3) is 0.469. The molecule has 1 heterocycles. The van der Waals surface area contributed by atoms with E-state index in [4.69, 9.17) is 0 Å². The standard InChI is InChI=1S/C32H42N4O5/c1-20(2)17-27(31(40)34-26(19-37)18-25-11-8-16-33-29(25)38)35-32(41)28(21(3)4)36-30(39)24-14-12-23(13-15-24)22-9-6-5-7-10-22/h5-7,9-10,12-15,19-21,25-28H,8,11,16-18H2,1-4H3,(H,33,38)(H,34,40)(H,35,41)(H,36,39)/t25-,26-,27-,28-/m0/s1. The Kier molecular flexibility index (Phi) is 11.6. The summed E-state index contributed by atoms with van der Waals surface area (Å²) in [5.74, 6) is -2.02. The molecule has 4 amide bonds. The molecule has 9 nitrogen and oxygen atoms in total.